The molecule has 1 fully saturated rings. The highest BCUT2D eigenvalue weighted by Gasteiger charge is 2.22. The third-order valence-electron chi connectivity index (χ3n) is 5.62. The first kappa shape index (κ1) is 23.7. The van der Waals surface area contributed by atoms with Crippen LogP contribution in [0.5, 0.6) is 5.75 Å². The second-order valence-corrected chi connectivity index (χ2v) is 8.26. The Hall–Kier alpha value is -3.50. The van der Waals surface area contributed by atoms with Gasteiger partial charge in [0.25, 0.3) is 11.8 Å². The van der Waals surface area contributed by atoms with E-state index >= 15 is 0 Å². The van der Waals surface area contributed by atoms with Crippen LogP contribution in [0.2, 0.25) is 5.02 Å². The van der Waals surface area contributed by atoms with E-state index in [2.05, 4.69) is 20.9 Å². The Morgan fingerprint density at radius 1 is 1.21 bits per heavy atom. The van der Waals surface area contributed by atoms with Crippen LogP contribution < -0.4 is 20.7 Å². The largest absolute Gasteiger partial charge is 0.494 e. The average molecular weight is 490 g/mol. The highest BCUT2D eigenvalue weighted by atomic mass is 35.5. The van der Waals surface area contributed by atoms with Crippen molar-refractivity contribution in [2.24, 2.45) is 13.0 Å². The lowest BCUT2D eigenvalue weighted by atomic mass is 10.0. The fourth-order valence-corrected chi connectivity index (χ4v) is 3.81. The number of methoxy groups -OCH3 is 1. The van der Waals surface area contributed by atoms with Crippen molar-refractivity contribution in [3.8, 4) is 17.0 Å². The Morgan fingerprint density at radius 2 is 1.97 bits per heavy atom. The summed E-state index contributed by atoms with van der Waals surface area (Å²) in [5.74, 6) is -2.97. The maximum atomic E-state index is 14.5. The van der Waals surface area contributed by atoms with Crippen molar-refractivity contribution in [3.63, 3.8) is 0 Å². The molecule has 3 aromatic rings. The Bertz CT molecular complexity index is 1260. The minimum atomic E-state index is -1.13. The maximum Gasteiger partial charge on any atom is 0.291 e. The smallest absolute Gasteiger partial charge is 0.291 e. The lowest BCUT2D eigenvalue weighted by Gasteiger charge is -2.27. The van der Waals surface area contributed by atoms with Gasteiger partial charge in [-0.2, -0.15) is 4.39 Å². The molecule has 0 bridgehead atoms. The van der Waals surface area contributed by atoms with Crippen LogP contribution in [0.15, 0.2) is 36.5 Å². The number of halogens is 3. The van der Waals surface area contributed by atoms with Gasteiger partial charge >= 0.3 is 0 Å². The second-order valence-electron chi connectivity index (χ2n) is 7.85. The summed E-state index contributed by atoms with van der Waals surface area (Å²) in [6, 6.07) is 7.17. The fraction of sp³-hybridized carbons (Fsp3) is 0.261. The van der Waals surface area contributed by atoms with Crippen LogP contribution in [0, 0.1) is 17.6 Å². The molecule has 0 saturated carbocycles. The van der Waals surface area contributed by atoms with Crippen molar-refractivity contribution in [2.45, 2.75) is 0 Å². The molecule has 1 saturated heterocycles. The van der Waals surface area contributed by atoms with E-state index in [4.69, 9.17) is 16.3 Å². The first-order valence-electron chi connectivity index (χ1n) is 10.4. The summed E-state index contributed by atoms with van der Waals surface area (Å²) in [7, 11) is 2.75. The lowest BCUT2D eigenvalue weighted by Crippen LogP contribution is -2.48. The van der Waals surface area contributed by atoms with Crippen molar-refractivity contribution in [1.82, 2.24) is 20.2 Å². The van der Waals surface area contributed by atoms with E-state index in [1.54, 1.807) is 6.07 Å². The molecule has 34 heavy (non-hydrogen) atoms. The van der Waals surface area contributed by atoms with Crippen LogP contribution in [-0.4, -0.2) is 48.1 Å². The number of carbonyl (C=O) groups excluding carboxylic acids is 2. The molecule has 2 amide bonds. The third kappa shape index (κ3) is 4.59. The number of hydrogen-bond donors (Lipinski definition) is 3. The predicted molar refractivity (Wildman–Crippen MR) is 123 cm³/mol. The quantitative estimate of drug-likeness (QED) is 0.473. The molecule has 1 aliphatic rings. The third-order valence-corrected chi connectivity index (χ3v) is 5.94. The normalized spacial score (nSPS) is 13.3. The molecule has 178 valence electrons. The van der Waals surface area contributed by atoms with Gasteiger partial charge in [0, 0.05) is 43.9 Å². The highest BCUT2D eigenvalue weighted by molar-refractivity contribution is 6.34. The number of nitrogens with one attached hydrogen (secondary N) is 3. The fourth-order valence-electron chi connectivity index (χ4n) is 3.55. The van der Waals surface area contributed by atoms with E-state index < -0.39 is 17.5 Å². The predicted octanol–water partition coefficient (Wildman–Crippen LogP) is 3.23. The molecule has 2 heterocycles. The van der Waals surface area contributed by atoms with Gasteiger partial charge < -0.3 is 25.3 Å². The molecule has 0 spiro atoms. The van der Waals surface area contributed by atoms with Gasteiger partial charge in [0.05, 0.1) is 29.6 Å². The van der Waals surface area contributed by atoms with E-state index in [1.807, 2.05) is 0 Å². The number of rotatable bonds is 7. The lowest BCUT2D eigenvalue weighted by molar-refractivity contribution is 0.0941. The summed E-state index contributed by atoms with van der Waals surface area (Å²) in [6.07, 6.45) is 1.28. The number of nitrogens with zero attached hydrogens (tertiary/aromatic N) is 2. The van der Waals surface area contributed by atoms with Gasteiger partial charge in [-0.3, -0.25) is 9.59 Å². The summed E-state index contributed by atoms with van der Waals surface area (Å²) in [6.45, 7) is 2.29. The summed E-state index contributed by atoms with van der Waals surface area (Å²) in [5.41, 5.74) is 0.781. The van der Waals surface area contributed by atoms with E-state index in [9.17, 15) is 18.4 Å². The number of carbonyl (C=O) groups is 2. The Labute approximate surface area is 199 Å². The molecule has 0 unspecified atom stereocenters. The van der Waals surface area contributed by atoms with Crippen molar-refractivity contribution in [3.05, 3.63) is 64.6 Å². The van der Waals surface area contributed by atoms with Crippen molar-refractivity contribution >= 4 is 29.1 Å². The van der Waals surface area contributed by atoms with Crippen LogP contribution in [-0.2, 0) is 7.05 Å². The minimum absolute atomic E-state index is 0.0299. The average Bonchev–Trinajstić information content (AvgIpc) is 3.15. The minimum Gasteiger partial charge on any atom is -0.494 e. The molecular weight excluding hydrogens is 468 g/mol. The number of benzene rings is 2. The van der Waals surface area contributed by atoms with Gasteiger partial charge in [0.1, 0.15) is 0 Å². The molecule has 11 heteroatoms. The van der Waals surface area contributed by atoms with Crippen LogP contribution in [0.25, 0.3) is 11.3 Å². The molecule has 2 aromatic carbocycles. The molecular formula is C23H22ClF2N5O3. The summed E-state index contributed by atoms with van der Waals surface area (Å²) < 4.78 is 34.7. The zero-order valence-electron chi connectivity index (χ0n) is 18.4. The number of amides is 2. The molecule has 1 aliphatic heterocycles. The van der Waals surface area contributed by atoms with Gasteiger partial charge in [-0.15, -0.1) is 0 Å². The van der Waals surface area contributed by atoms with Crippen molar-refractivity contribution in [1.29, 1.82) is 0 Å². The van der Waals surface area contributed by atoms with Crippen molar-refractivity contribution in [2.75, 3.05) is 32.1 Å². The van der Waals surface area contributed by atoms with Gasteiger partial charge in [-0.1, -0.05) is 11.6 Å². The Balaban J connectivity index is 1.48. The standard InChI is InChI=1S/C23H22ClF2N5O3/c1-31-17(15-5-6-18(34-2)20(26)19(15)25)11-28-21(31)23(33)30-13-3-4-14(16(24)7-13)22(32)29-10-12-8-27-9-12/h3-7,11-12,27H,8-10H2,1-2H3,(H,29,32)(H,30,33). The number of imidazole rings is 1. The van der Waals surface area contributed by atoms with Crippen LogP contribution in [0.3, 0.4) is 0 Å². The Morgan fingerprint density at radius 3 is 2.62 bits per heavy atom. The van der Waals surface area contributed by atoms with Crippen LogP contribution >= 0.6 is 11.6 Å². The monoisotopic (exact) mass is 489 g/mol. The van der Waals surface area contributed by atoms with Gasteiger partial charge in [-0.05, 0) is 30.3 Å². The zero-order valence-corrected chi connectivity index (χ0v) is 19.2. The highest BCUT2D eigenvalue weighted by Crippen LogP contribution is 2.30. The first-order valence-corrected chi connectivity index (χ1v) is 10.8. The number of hydrogen-bond acceptors (Lipinski definition) is 5. The summed E-state index contributed by atoms with van der Waals surface area (Å²) in [5, 5.41) is 8.80. The van der Waals surface area contributed by atoms with Crippen LogP contribution in [0.1, 0.15) is 21.0 Å². The van der Waals surface area contributed by atoms with Gasteiger partial charge in [0.2, 0.25) is 5.82 Å². The molecule has 0 atom stereocenters. The number of anilines is 1. The number of ether oxygens (including phenoxy) is 1. The van der Waals surface area contributed by atoms with Crippen LogP contribution in [0.4, 0.5) is 14.5 Å². The van der Waals surface area contributed by atoms with E-state index in [0.29, 0.717) is 23.7 Å². The molecule has 0 aliphatic carbocycles. The molecule has 4 rings (SSSR count). The second kappa shape index (κ2) is 9.78. The van der Waals surface area contributed by atoms with Gasteiger partial charge in [-0.25, -0.2) is 9.37 Å². The van der Waals surface area contributed by atoms with E-state index in [1.165, 1.54) is 49.2 Å². The molecule has 3 N–H and O–H groups in total. The van der Waals surface area contributed by atoms with Gasteiger partial charge in [0.15, 0.2) is 17.4 Å². The molecule has 0 radical (unpaired) electrons. The maximum absolute atomic E-state index is 14.5. The SMILES string of the molecule is COc1ccc(-c2cnc(C(=O)Nc3ccc(C(=O)NCC4CNC4)c(Cl)c3)n2C)c(F)c1F. The zero-order chi connectivity index (χ0) is 24.4. The van der Waals surface area contributed by atoms with E-state index in [-0.39, 0.29) is 33.8 Å². The molecule has 1 aromatic heterocycles. The first-order chi connectivity index (χ1) is 16.3. The van der Waals surface area contributed by atoms with Crippen molar-refractivity contribution < 1.29 is 23.1 Å². The summed E-state index contributed by atoms with van der Waals surface area (Å²) >= 11 is 6.26. The summed E-state index contributed by atoms with van der Waals surface area (Å²) in [4.78, 5) is 29.2. The topological polar surface area (TPSA) is 97.3 Å². The molecule has 8 nitrogen and oxygen atoms in total. The Kier molecular flexibility index (Phi) is 6.80. The van der Waals surface area contributed by atoms with E-state index in [0.717, 1.165) is 13.1 Å². The number of aromatic nitrogens is 2.